The number of hydrogen-bond donors (Lipinski definition) is 0. The van der Waals surface area contributed by atoms with E-state index >= 15 is 0 Å². The summed E-state index contributed by atoms with van der Waals surface area (Å²) in [5, 5.41) is -0.681. The van der Waals surface area contributed by atoms with E-state index in [1.807, 2.05) is 30.3 Å². The molecule has 0 aromatic heterocycles. The maximum atomic E-state index is 14.0. The third kappa shape index (κ3) is 5.69. The fraction of sp³-hybridized carbons (Fsp3) is 0.353. The summed E-state index contributed by atoms with van der Waals surface area (Å²) in [6, 6.07) is 26.0. The van der Waals surface area contributed by atoms with Crippen molar-refractivity contribution in [1.82, 2.24) is 0 Å². The van der Waals surface area contributed by atoms with Crippen molar-refractivity contribution in [3.05, 3.63) is 107 Å². The standard InChI is InChI=1S/C34H38N2O2S/c37-39(38,33-9-3-1-4-10-33)34(29-15-19-32(20-16-29)36-23-7-8-24-36)30-14-11-28(26-30)25-27-12-17-31(18-13-27)35-21-5-2-6-22-35/h1,3-4,9-10,12-13,15-20,25-26,34H,2,5-8,11,14,21-24H2. The first-order valence-electron chi connectivity index (χ1n) is 14.5. The van der Waals surface area contributed by atoms with Gasteiger partial charge in [0.15, 0.2) is 9.84 Å². The average Bonchev–Trinajstić information content (AvgIpc) is 3.68. The van der Waals surface area contributed by atoms with Gasteiger partial charge in [-0.3, -0.25) is 0 Å². The Labute approximate surface area is 233 Å². The number of rotatable bonds is 7. The van der Waals surface area contributed by atoms with Crippen molar-refractivity contribution in [3.8, 4) is 0 Å². The summed E-state index contributed by atoms with van der Waals surface area (Å²) in [5.74, 6) is 0. The molecule has 6 rings (SSSR count). The number of benzene rings is 3. The van der Waals surface area contributed by atoms with Crippen LogP contribution < -0.4 is 9.80 Å². The van der Waals surface area contributed by atoms with E-state index in [0.717, 1.165) is 50.2 Å². The van der Waals surface area contributed by atoms with Gasteiger partial charge in [0.25, 0.3) is 0 Å². The monoisotopic (exact) mass is 538 g/mol. The van der Waals surface area contributed by atoms with Gasteiger partial charge in [-0.05, 0) is 104 Å². The Morgan fingerprint density at radius 1 is 0.641 bits per heavy atom. The topological polar surface area (TPSA) is 40.6 Å². The SMILES string of the molecule is O=S(=O)(c1ccccc1)C(C1=CC(=Cc2ccc(N3CCCCC3)cc2)CC1)c1ccc(N2CCCC2)cc1. The van der Waals surface area contributed by atoms with Crippen LogP contribution in [0.25, 0.3) is 6.08 Å². The number of anilines is 2. The molecule has 2 heterocycles. The first-order chi connectivity index (χ1) is 19.1. The van der Waals surface area contributed by atoms with Crippen LogP contribution in [0.4, 0.5) is 11.4 Å². The fourth-order valence-corrected chi connectivity index (χ4v) is 8.22. The molecule has 1 aliphatic carbocycles. The van der Waals surface area contributed by atoms with Crippen LogP contribution in [-0.2, 0) is 9.84 Å². The third-order valence-electron chi connectivity index (χ3n) is 8.43. The molecule has 0 bridgehead atoms. The molecule has 39 heavy (non-hydrogen) atoms. The molecule has 0 amide bonds. The summed E-state index contributed by atoms with van der Waals surface area (Å²) in [4.78, 5) is 5.24. The summed E-state index contributed by atoms with van der Waals surface area (Å²) < 4.78 is 28.1. The molecule has 1 atom stereocenters. The molecule has 0 N–H and O–H groups in total. The van der Waals surface area contributed by atoms with Crippen LogP contribution in [0.1, 0.15) is 61.3 Å². The van der Waals surface area contributed by atoms with Gasteiger partial charge in [-0.25, -0.2) is 8.42 Å². The van der Waals surface area contributed by atoms with Crippen molar-refractivity contribution < 1.29 is 8.42 Å². The van der Waals surface area contributed by atoms with E-state index in [2.05, 4.69) is 58.4 Å². The summed E-state index contributed by atoms with van der Waals surface area (Å²) in [7, 11) is -3.60. The second kappa shape index (κ2) is 11.4. The summed E-state index contributed by atoms with van der Waals surface area (Å²) in [6.45, 7) is 4.43. The van der Waals surface area contributed by atoms with E-state index in [-0.39, 0.29) is 0 Å². The van der Waals surface area contributed by atoms with E-state index in [0.29, 0.717) is 4.90 Å². The Bertz CT molecular complexity index is 1430. The van der Waals surface area contributed by atoms with Gasteiger partial charge in [-0.2, -0.15) is 0 Å². The van der Waals surface area contributed by atoms with Crippen molar-refractivity contribution in [2.45, 2.75) is 55.1 Å². The van der Waals surface area contributed by atoms with Crippen molar-refractivity contribution in [1.29, 1.82) is 0 Å². The van der Waals surface area contributed by atoms with Gasteiger partial charge in [0.05, 0.1) is 4.90 Å². The smallest absolute Gasteiger partial charge is 0.189 e. The largest absolute Gasteiger partial charge is 0.372 e. The van der Waals surface area contributed by atoms with Gasteiger partial charge >= 0.3 is 0 Å². The fourth-order valence-electron chi connectivity index (χ4n) is 6.31. The Morgan fingerprint density at radius 2 is 1.21 bits per heavy atom. The van der Waals surface area contributed by atoms with Crippen LogP contribution in [0.15, 0.2) is 101 Å². The lowest BCUT2D eigenvalue weighted by Crippen LogP contribution is -2.29. The van der Waals surface area contributed by atoms with Crippen LogP contribution in [0.3, 0.4) is 0 Å². The average molecular weight is 539 g/mol. The Hall–Kier alpha value is -3.31. The molecule has 3 aromatic rings. The lowest BCUT2D eigenvalue weighted by molar-refractivity contribution is 0.578. The highest BCUT2D eigenvalue weighted by molar-refractivity contribution is 7.92. The minimum Gasteiger partial charge on any atom is -0.372 e. The van der Waals surface area contributed by atoms with Gasteiger partial charge in [-0.15, -0.1) is 0 Å². The van der Waals surface area contributed by atoms with Crippen molar-refractivity contribution in [2.24, 2.45) is 0 Å². The molecule has 3 aliphatic rings. The zero-order valence-electron chi connectivity index (χ0n) is 22.6. The first kappa shape index (κ1) is 25.9. The van der Waals surface area contributed by atoms with E-state index in [1.54, 1.807) is 12.1 Å². The molecular formula is C34H38N2O2S. The van der Waals surface area contributed by atoms with E-state index < -0.39 is 15.1 Å². The highest BCUT2D eigenvalue weighted by atomic mass is 32.2. The molecule has 4 nitrogen and oxygen atoms in total. The first-order valence-corrected chi connectivity index (χ1v) is 16.0. The molecule has 0 radical (unpaired) electrons. The zero-order chi connectivity index (χ0) is 26.7. The molecule has 5 heteroatoms. The quantitative estimate of drug-likeness (QED) is 0.311. The Morgan fingerprint density at radius 3 is 1.82 bits per heavy atom. The second-order valence-corrected chi connectivity index (χ2v) is 13.1. The minimum absolute atomic E-state index is 0.380. The number of hydrogen-bond acceptors (Lipinski definition) is 4. The van der Waals surface area contributed by atoms with Crippen LogP contribution >= 0.6 is 0 Å². The highest BCUT2D eigenvalue weighted by Crippen LogP contribution is 2.42. The molecule has 1 unspecified atom stereocenters. The molecule has 0 spiro atoms. The number of nitrogens with zero attached hydrogens (tertiary/aromatic N) is 2. The number of sulfone groups is 1. The highest BCUT2D eigenvalue weighted by Gasteiger charge is 2.34. The maximum Gasteiger partial charge on any atom is 0.189 e. The lowest BCUT2D eigenvalue weighted by atomic mass is 10.0. The second-order valence-electron chi connectivity index (χ2n) is 11.1. The summed E-state index contributed by atoms with van der Waals surface area (Å²) >= 11 is 0. The van der Waals surface area contributed by atoms with E-state index in [9.17, 15) is 8.42 Å². The Kier molecular flexibility index (Phi) is 7.60. The van der Waals surface area contributed by atoms with Crippen molar-refractivity contribution in [2.75, 3.05) is 36.0 Å². The molecule has 2 aliphatic heterocycles. The molecule has 202 valence electrons. The number of piperidine rings is 1. The predicted octanol–water partition coefficient (Wildman–Crippen LogP) is 7.60. The van der Waals surface area contributed by atoms with Crippen molar-refractivity contribution in [3.63, 3.8) is 0 Å². The molecule has 2 saturated heterocycles. The Balaban J connectivity index is 1.29. The normalized spacial score (nSPS) is 19.9. The van der Waals surface area contributed by atoms with Crippen LogP contribution in [0.2, 0.25) is 0 Å². The molecule has 2 fully saturated rings. The minimum atomic E-state index is -3.60. The molecule has 0 saturated carbocycles. The third-order valence-corrected chi connectivity index (χ3v) is 10.6. The predicted molar refractivity (Wildman–Crippen MR) is 162 cm³/mol. The van der Waals surface area contributed by atoms with Gasteiger partial charge in [0.2, 0.25) is 0 Å². The summed E-state index contributed by atoms with van der Waals surface area (Å²) in [6.07, 6.45) is 12.3. The summed E-state index contributed by atoms with van der Waals surface area (Å²) in [5.41, 5.74) is 6.66. The maximum absolute atomic E-state index is 14.0. The van der Waals surface area contributed by atoms with Crippen LogP contribution in [0, 0.1) is 0 Å². The van der Waals surface area contributed by atoms with Gasteiger partial charge in [-0.1, -0.05) is 54.6 Å². The molecular weight excluding hydrogens is 500 g/mol. The van der Waals surface area contributed by atoms with Crippen molar-refractivity contribution >= 4 is 27.3 Å². The van der Waals surface area contributed by atoms with Gasteiger partial charge in [0.1, 0.15) is 5.25 Å². The van der Waals surface area contributed by atoms with Gasteiger partial charge in [0, 0.05) is 37.6 Å². The molecule has 3 aromatic carbocycles. The van der Waals surface area contributed by atoms with Crippen LogP contribution in [-0.4, -0.2) is 34.6 Å². The van der Waals surface area contributed by atoms with E-state index in [1.165, 1.54) is 54.6 Å². The van der Waals surface area contributed by atoms with Crippen LogP contribution in [0.5, 0.6) is 0 Å². The lowest BCUT2D eigenvalue weighted by Gasteiger charge is -2.28. The van der Waals surface area contributed by atoms with Gasteiger partial charge < -0.3 is 9.80 Å². The number of allylic oxidation sites excluding steroid dienone is 2. The zero-order valence-corrected chi connectivity index (χ0v) is 23.5. The van der Waals surface area contributed by atoms with E-state index in [4.69, 9.17) is 0 Å².